The summed E-state index contributed by atoms with van der Waals surface area (Å²) >= 11 is 0. The average Bonchev–Trinajstić information content (AvgIpc) is 2.88. The number of aliphatic carboxylic acids is 2. The third kappa shape index (κ3) is 13.6. The molecule has 240 valence electrons. The molecule has 0 fully saturated rings. The van der Waals surface area contributed by atoms with E-state index in [1.807, 2.05) is 6.92 Å². The van der Waals surface area contributed by atoms with Crippen LogP contribution in [0.25, 0.3) is 0 Å². The zero-order chi connectivity index (χ0) is 31.2. The Bertz CT molecular complexity index is 750. The monoisotopic (exact) mass is 599 g/mol. The Balaban J connectivity index is 0. The van der Waals surface area contributed by atoms with Crippen LogP contribution in [0.2, 0.25) is 0 Å². The molecule has 0 aliphatic carbocycles. The van der Waals surface area contributed by atoms with Crippen LogP contribution in [0.5, 0.6) is 0 Å². The first kappa shape index (κ1) is 40.8. The Morgan fingerprint density at radius 2 is 1.18 bits per heavy atom. The summed E-state index contributed by atoms with van der Waals surface area (Å²) in [6.07, 6.45) is 8.01. The van der Waals surface area contributed by atoms with Gasteiger partial charge in [0.15, 0.2) is 0 Å². The first-order valence-corrected chi connectivity index (χ1v) is 16.3. The summed E-state index contributed by atoms with van der Waals surface area (Å²) in [6, 6.07) is 0. The minimum Gasteiger partial charge on any atom is -0.481 e. The van der Waals surface area contributed by atoms with Crippen LogP contribution in [0, 0.1) is 17.8 Å². The molecule has 0 radical (unpaired) electrons. The molecule has 12 heteroatoms. The number of carboxylic acid groups (broad SMARTS) is 2. The highest BCUT2D eigenvalue weighted by Crippen LogP contribution is 2.45. The van der Waals surface area contributed by atoms with Gasteiger partial charge in [-0.25, -0.2) is 0 Å². The van der Waals surface area contributed by atoms with Gasteiger partial charge in [-0.3, -0.25) is 19.0 Å². The van der Waals surface area contributed by atoms with E-state index >= 15 is 0 Å². The van der Waals surface area contributed by atoms with Crippen molar-refractivity contribution >= 4 is 22.1 Å². The van der Waals surface area contributed by atoms with Crippen molar-refractivity contribution in [2.75, 3.05) is 39.5 Å². The highest BCUT2D eigenvalue weighted by Gasteiger charge is 2.64. The van der Waals surface area contributed by atoms with E-state index in [4.69, 9.17) is 15.3 Å². The van der Waals surface area contributed by atoms with Gasteiger partial charge >= 0.3 is 11.9 Å². The standard InChI is InChI=1S/C22H42O7S.C6H15NO3/c1-5-9-11-13-15-17(7-3)19(20(23)24)22(21(25)26,30(27,28)29)18(8-4)16-14-12-10-6-2;8-4-1-7(2-5-9)3-6-10/h17-19H,5-16H2,1-4H3,(H,23,24)(H,25,26)(H,27,28,29);8-10H,1-6H2. The molecule has 0 rings (SSSR count). The van der Waals surface area contributed by atoms with Crippen LogP contribution in [-0.4, -0.2) is 99.5 Å². The van der Waals surface area contributed by atoms with Gasteiger partial charge in [-0.05, 0) is 24.7 Å². The molecule has 0 spiro atoms. The summed E-state index contributed by atoms with van der Waals surface area (Å²) in [7, 11) is -5.19. The van der Waals surface area contributed by atoms with Crippen LogP contribution in [0.15, 0.2) is 0 Å². The highest BCUT2D eigenvalue weighted by molar-refractivity contribution is 7.88. The lowest BCUT2D eigenvalue weighted by Crippen LogP contribution is -2.61. The summed E-state index contributed by atoms with van der Waals surface area (Å²) in [5.74, 6) is -6.56. The topological polar surface area (TPSA) is 193 Å². The van der Waals surface area contributed by atoms with Crippen LogP contribution < -0.4 is 0 Å². The van der Waals surface area contributed by atoms with E-state index in [1.54, 1.807) is 18.7 Å². The van der Waals surface area contributed by atoms with Crippen LogP contribution in [-0.2, 0) is 19.7 Å². The molecule has 0 aliphatic rings. The molecule has 0 aliphatic heterocycles. The Labute approximate surface area is 241 Å². The quantitative estimate of drug-likeness (QED) is 0.0700. The van der Waals surface area contributed by atoms with Crippen molar-refractivity contribution in [1.82, 2.24) is 4.90 Å². The van der Waals surface area contributed by atoms with Gasteiger partial charge in [0.25, 0.3) is 10.1 Å². The van der Waals surface area contributed by atoms with E-state index in [0.29, 0.717) is 45.3 Å². The second-order valence-corrected chi connectivity index (χ2v) is 12.0. The largest absolute Gasteiger partial charge is 0.481 e. The molecule has 40 heavy (non-hydrogen) atoms. The zero-order valence-corrected chi connectivity index (χ0v) is 25.9. The maximum atomic E-state index is 12.6. The molecule has 4 atom stereocenters. The van der Waals surface area contributed by atoms with Crippen LogP contribution >= 0.6 is 0 Å². The second kappa shape index (κ2) is 23.3. The van der Waals surface area contributed by atoms with Gasteiger partial charge in [0.05, 0.1) is 25.7 Å². The van der Waals surface area contributed by atoms with Gasteiger partial charge in [0.2, 0.25) is 4.75 Å². The molecule has 6 N–H and O–H groups in total. The number of hydrogen-bond acceptors (Lipinski definition) is 8. The molecule has 0 saturated heterocycles. The van der Waals surface area contributed by atoms with Gasteiger partial charge in [0, 0.05) is 19.6 Å². The van der Waals surface area contributed by atoms with E-state index in [0.717, 1.165) is 38.5 Å². The Morgan fingerprint density at radius 3 is 1.48 bits per heavy atom. The maximum absolute atomic E-state index is 12.6. The summed E-state index contributed by atoms with van der Waals surface area (Å²) in [4.78, 5) is 26.6. The predicted molar refractivity (Wildman–Crippen MR) is 156 cm³/mol. The molecule has 4 unspecified atom stereocenters. The molecular formula is C28H57NO10S. The van der Waals surface area contributed by atoms with Crippen LogP contribution in [0.1, 0.15) is 105 Å². The van der Waals surface area contributed by atoms with Crippen LogP contribution in [0.4, 0.5) is 0 Å². The normalized spacial score (nSPS) is 15.5. The van der Waals surface area contributed by atoms with Crippen molar-refractivity contribution in [3.63, 3.8) is 0 Å². The predicted octanol–water partition coefficient (Wildman–Crippen LogP) is 3.66. The van der Waals surface area contributed by atoms with E-state index < -0.39 is 44.6 Å². The maximum Gasteiger partial charge on any atom is 0.328 e. The summed E-state index contributed by atoms with van der Waals surface area (Å²) in [6.45, 7) is 9.24. The third-order valence-electron chi connectivity index (χ3n) is 7.67. The molecule has 0 bridgehead atoms. The highest BCUT2D eigenvalue weighted by atomic mass is 32.2. The molecule has 11 nitrogen and oxygen atoms in total. The first-order valence-electron chi connectivity index (χ1n) is 14.9. The van der Waals surface area contributed by atoms with Crippen molar-refractivity contribution in [2.45, 2.75) is 109 Å². The fraction of sp³-hybridized carbons (Fsp3) is 0.929. The number of aliphatic hydroxyl groups is 3. The summed E-state index contributed by atoms with van der Waals surface area (Å²) in [5.41, 5.74) is 0. The Kier molecular flexibility index (Phi) is 23.8. The zero-order valence-electron chi connectivity index (χ0n) is 25.1. The number of rotatable bonds is 24. The van der Waals surface area contributed by atoms with E-state index in [-0.39, 0.29) is 32.7 Å². The first-order chi connectivity index (χ1) is 18.9. The number of nitrogens with zero attached hydrogens (tertiary/aromatic N) is 1. The number of hydrogen-bond donors (Lipinski definition) is 6. The number of carboxylic acids is 2. The molecule has 0 aromatic rings. The van der Waals surface area contributed by atoms with Crippen molar-refractivity contribution < 1.29 is 48.1 Å². The molecule has 0 heterocycles. The number of unbranched alkanes of at least 4 members (excludes halogenated alkanes) is 6. The van der Waals surface area contributed by atoms with E-state index in [1.165, 1.54) is 0 Å². The van der Waals surface area contributed by atoms with Gasteiger partial charge in [0.1, 0.15) is 0 Å². The molecule has 0 amide bonds. The molecular weight excluding hydrogens is 542 g/mol. The number of aliphatic hydroxyl groups excluding tert-OH is 3. The average molecular weight is 600 g/mol. The third-order valence-corrected chi connectivity index (χ3v) is 9.28. The van der Waals surface area contributed by atoms with Gasteiger partial charge < -0.3 is 25.5 Å². The Hall–Kier alpha value is -1.31. The Morgan fingerprint density at radius 1 is 0.725 bits per heavy atom. The number of carbonyl (C=O) groups is 2. The summed E-state index contributed by atoms with van der Waals surface area (Å²) < 4.78 is 32.7. The van der Waals surface area contributed by atoms with Gasteiger partial charge in [-0.2, -0.15) is 8.42 Å². The van der Waals surface area contributed by atoms with Crippen molar-refractivity contribution in [1.29, 1.82) is 0 Å². The summed E-state index contributed by atoms with van der Waals surface area (Å²) in [5, 5.41) is 45.6. The fourth-order valence-electron chi connectivity index (χ4n) is 5.52. The van der Waals surface area contributed by atoms with Gasteiger partial charge in [-0.15, -0.1) is 0 Å². The van der Waals surface area contributed by atoms with Gasteiger partial charge in [-0.1, -0.05) is 91.9 Å². The van der Waals surface area contributed by atoms with Crippen molar-refractivity contribution in [2.24, 2.45) is 17.8 Å². The van der Waals surface area contributed by atoms with Crippen LogP contribution in [0.3, 0.4) is 0 Å². The lowest BCUT2D eigenvalue weighted by Gasteiger charge is -2.41. The fourth-order valence-corrected chi connectivity index (χ4v) is 7.06. The lowest BCUT2D eigenvalue weighted by atomic mass is 9.69. The van der Waals surface area contributed by atoms with E-state index in [2.05, 4.69) is 6.92 Å². The molecule has 0 saturated carbocycles. The minimum absolute atomic E-state index is 0.0694. The minimum atomic E-state index is -5.19. The van der Waals surface area contributed by atoms with Crippen molar-refractivity contribution in [3.8, 4) is 0 Å². The SMILES string of the molecule is CCCCCCC(CC)C(C(=O)O)C(C(=O)O)(C(CC)CCCCCC)S(=O)(=O)O.OCCN(CCO)CCO. The second-order valence-electron chi connectivity index (χ2n) is 10.4. The smallest absolute Gasteiger partial charge is 0.328 e. The van der Waals surface area contributed by atoms with E-state index in [9.17, 15) is 32.8 Å². The van der Waals surface area contributed by atoms with Crippen molar-refractivity contribution in [3.05, 3.63) is 0 Å². The molecule has 0 aromatic carbocycles. The lowest BCUT2D eigenvalue weighted by molar-refractivity contribution is -0.157. The molecule has 0 aromatic heterocycles.